The maximum absolute atomic E-state index is 12.3. The summed E-state index contributed by atoms with van der Waals surface area (Å²) in [5.74, 6) is 0. The highest BCUT2D eigenvalue weighted by Crippen LogP contribution is 2.25. The fraction of sp³-hybridized carbons (Fsp3) is 0.381. The molecule has 1 saturated heterocycles. The maximum atomic E-state index is 12.3. The first-order valence-electron chi connectivity index (χ1n) is 9.10. The van der Waals surface area contributed by atoms with Gasteiger partial charge in [-0.25, -0.2) is 4.79 Å². The summed E-state index contributed by atoms with van der Waals surface area (Å²) in [5, 5.41) is 5.89. The smallest absolute Gasteiger partial charge is 0.319 e. The number of hydrogen-bond acceptors (Lipinski definition) is 3. The Labute approximate surface area is 155 Å². The highest BCUT2D eigenvalue weighted by atomic mass is 16.5. The molecule has 0 bridgehead atoms. The van der Waals surface area contributed by atoms with Crippen LogP contribution in [0.2, 0.25) is 0 Å². The highest BCUT2D eigenvalue weighted by molar-refractivity contribution is 5.90. The maximum Gasteiger partial charge on any atom is 0.319 e. The van der Waals surface area contributed by atoms with Gasteiger partial charge in [-0.05, 0) is 55.2 Å². The number of ether oxygens (including phenoxy) is 1. The van der Waals surface area contributed by atoms with E-state index in [-0.39, 0.29) is 18.2 Å². The molecule has 5 heteroatoms. The van der Waals surface area contributed by atoms with Crippen molar-refractivity contribution in [2.75, 3.05) is 30.9 Å². The molecule has 0 aliphatic carbocycles. The fourth-order valence-electron chi connectivity index (χ4n) is 3.19. The van der Waals surface area contributed by atoms with E-state index in [1.165, 1.54) is 0 Å². The third kappa shape index (κ3) is 4.55. The monoisotopic (exact) mass is 353 g/mol. The summed E-state index contributed by atoms with van der Waals surface area (Å²) >= 11 is 0. The number of hydrogen-bond donors (Lipinski definition) is 2. The molecule has 1 fully saturated rings. The van der Waals surface area contributed by atoms with Crippen LogP contribution < -0.4 is 15.5 Å². The van der Waals surface area contributed by atoms with Gasteiger partial charge in [-0.3, -0.25) is 0 Å². The van der Waals surface area contributed by atoms with Crippen molar-refractivity contribution >= 4 is 17.4 Å². The molecule has 0 aromatic heterocycles. The van der Waals surface area contributed by atoms with E-state index in [0.717, 1.165) is 42.0 Å². The molecule has 1 aliphatic heterocycles. The predicted molar refractivity (Wildman–Crippen MR) is 107 cm³/mol. The molecule has 1 aliphatic rings. The highest BCUT2D eigenvalue weighted by Gasteiger charge is 2.23. The Balaban J connectivity index is 1.64. The number of urea groups is 1. The van der Waals surface area contributed by atoms with E-state index in [2.05, 4.69) is 39.8 Å². The van der Waals surface area contributed by atoms with Crippen LogP contribution in [-0.4, -0.2) is 38.9 Å². The molecular formula is C21H27N3O2. The lowest BCUT2D eigenvalue weighted by Gasteiger charge is -2.20. The topological polar surface area (TPSA) is 53.6 Å². The average Bonchev–Trinajstić information content (AvgIpc) is 3.17. The summed E-state index contributed by atoms with van der Waals surface area (Å²) in [6.45, 7) is 2.77. The van der Waals surface area contributed by atoms with Gasteiger partial charge in [-0.1, -0.05) is 24.3 Å². The molecule has 0 saturated carbocycles. The second-order valence-corrected chi connectivity index (χ2v) is 6.96. The molecule has 138 valence electrons. The van der Waals surface area contributed by atoms with Crippen molar-refractivity contribution in [1.29, 1.82) is 0 Å². The van der Waals surface area contributed by atoms with Gasteiger partial charge in [0, 0.05) is 32.1 Å². The van der Waals surface area contributed by atoms with Crippen molar-refractivity contribution in [2.24, 2.45) is 0 Å². The van der Waals surface area contributed by atoms with Crippen LogP contribution in [0, 0.1) is 0 Å². The van der Waals surface area contributed by atoms with Crippen LogP contribution >= 0.6 is 0 Å². The van der Waals surface area contributed by atoms with E-state index in [0.29, 0.717) is 0 Å². The van der Waals surface area contributed by atoms with Gasteiger partial charge in [-0.2, -0.15) is 0 Å². The quantitative estimate of drug-likeness (QED) is 0.850. The molecule has 0 unspecified atom stereocenters. The van der Waals surface area contributed by atoms with Gasteiger partial charge in [0.15, 0.2) is 0 Å². The Bertz CT molecular complexity index is 737. The minimum atomic E-state index is -0.201. The zero-order chi connectivity index (χ0) is 18.5. The standard InChI is InChI=1S/C21H27N3O2/c1-15(20-8-5-13-26-20)22-21(25)23-18-7-4-6-17(14-18)16-9-11-19(12-10-16)24(2)3/h4,6-7,9-12,14-15,20H,5,8,13H2,1-3H3,(H2,22,23,25)/t15-,20+/m1/s1. The minimum absolute atomic E-state index is 0.000685. The number of nitrogens with zero attached hydrogens (tertiary/aromatic N) is 1. The second-order valence-electron chi connectivity index (χ2n) is 6.96. The molecular weight excluding hydrogens is 326 g/mol. The first-order chi connectivity index (χ1) is 12.5. The molecule has 3 rings (SSSR count). The van der Waals surface area contributed by atoms with Gasteiger partial charge >= 0.3 is 6.03 Å². The first kappa shape index (κ1) is 18.3. The average molecular weight is 353 g/mol. The largest absolute Gasteiger partial charge is 0.378 e. The van der Waals surface area contributed by atoms with Crippen molar-refractivity contribution in [3.05, 3.63) is 48.5 Å². The fourth-order valence-corrected chi connectivity index (χ4v) is 3.19. The van der Waals surface area contributed by atoms with Crippen molar-refractivity contribution in [3.8, 4) is 11.1 Å². The molecule has 2 atom stereocenters. The summed E-state index contributed by atoms with van der Waals surface area (Å²) in [6.07, 6.45) is 2.18. The lowest BCUT2D eigenvalue weighted by atomic mass is 10.0. The van der Waals surface area contributed by atoms with Gasteiger partial charge < -0.3 is 20.3 Å². The molecule has 1 heterocycles. The lowest BCUT2D eigenvalue weighted by molar-refractivity contribution is 0.0868. The van der Waals surface area contributed by atoms with Crippen LogP contribution in [0.5, 0.6) is 0 Å². The molecule has 5 nitrogen and oxygen atoms in total. The Morgan fingerprint density at radius 1 is 1.15 bits per heavy atom. The summed E-state index contributed by atoms with van der Waals surface area (Å²) in [4.78, 5) is 14.3. The Hall–Kier alpha value is -2.53. The Kier molecular flexibility index (Phi) is 5.78. The number of benzene rings is 2. The molecule has 2 aromatic rings. The normalized spacial score (nSPS) is 17.6. The van der Waals surface area contributed by atoms with Crippen molar-refractivity contribution in [3.63, 3.8) is 0 Å². The van der Waals surface area contributed by atoms with E-state index in [1.807, 2.05) is 45.3 Å². The van der Waals surface area contributed by atoms with Crippen LogP contribution in [0.25, 0.3) is 11.1 Å². The number of amides is 2. The first-order valence-corrected chi connectivity index (χ1v) is 9.10. The number of rotatable bonds is 5. The zero-order valence-corrected chi connectivity index (χ0v) is 15.7. The summed E-state index contributed by atoms with van der Waals surface area (Å²) < 4.78 is 5.62. The van der Waals surface area contributed by atoms with Gasteiger partial charge in [0.25, 0.3) is 0 Å². The third-order valence-corrected chi connectivity index (χ3v) is 4.72. The molecule has 2 aromatic carbocycles. The Morgan fingerprint density at radius 3 is 2.58 bits per heavy atom. The van der Waals surface area contributed by atoms with E-state index < -0.39 is 0 Å². The Morgan fingerprint density at radius 2 is 1.92 bits per heavy atom. The zero-order valence-electron chi connectivity index (χ0n) is 15.7. The van der Waals surface area contributed by atoms with E-state index in [1.54, 1.807) is 0 Å². The molecule has 2 N–H and O–H groups in total. The van der Waals surface area contributed by atoms with Gasteiger partial charge in [-0.15, -0.1) is 0 Å². The van der Waals surface area contributed by atoms with Crippen molar-refractivity contribution in [2.45, 2.75) is 31.9 Å². The van der Waals surface area contributed by atoms with Crippen LogP contribution in [0.3, 0.4) is 0 Å². The minimum Gasteiger partial charge on any atom is -0.378 e. The second kappa shape index (κ2) is 8.23. The SMILES string of the molecule is C[C@@H](NC(=O)Nc1cccc(-c2ccc(N(C)C)cc2)c1)[C@@H]1CCCO1. The number of carbonyl (C=O) groups is 1. The van der Waals surface area contributed by atoms with Gasteiger partial charge in [0.05, 0.1) is 12.1 Å². The van der Waals surface area contributed by atoms with Crippen LogP contribution in [0.15, 0.2) is 48.5 Å². The number of nitrogens with one attached hydrogen (secondary N) is 2. The molecule has 2 amide bonds. The van der Waals surface area contributed by atoms with E-state index >= 15 is 0 Å². The van der Waals surface area contributed by atoms with Crippen LogP contribution in [0.1, 0.15) is 19.8 Å². The molecule has 26 heavy (non-hydrogen) atoms. The summed E-state index contributed by atoms with van der Waals surface area (Å²) in [5.41, 5.74) is 4.12. The number of carbonyl (C=O) groups excluding carboxylic acids is 1. The van der Waals surface area contributed by atoms with Gasteiger partial charge in [0.1, 0.15) is 0 Å². The molecule has 0 spiro atoms. The lowest BCUT2D eigenvalue weighted by Crippen LogP contribution is -2.42. The van der Waals surface area contributed by atoms with E-state index in [9.17, 15) is 4.79 Å². The summed E-state index contributed by atoms with van der Waals surface area (Å²) in [7, 11) is 4.05. The predicted octanol–water partition coefficient (Wildman–Crippen LogP) is 4.11. The third-order valence-electron chi connectivity index (χ3n) is 4.72. The van der Waals surface area contributed by atoms with Crippen LogP contribution in [-0.2, 0) is 4.74 Å². The van der Waals surface area contributed by atoms with Crippen LogP contribution in [0.4, 0.5) is 16.2 Å². The number of anilines is 2. The van der Waals surface area contributed by atoms with Gasteiger partial charge in [0.2, 0.25) is 0 Å². The molecule has 0 radical (unpaired) electrons. The van der Waals surface area contributed by atoms with Crippen molar-refractivity contribution in [1.82, 2.24) is 5.32 Å². The summed E-state index contributed by atoms with van der Waals surface area (Å²) in [6, 6.07) is 16.0. The van der Waals surface area contributed by atoms with E-state index in [4.69, 9.17) is 4.74 Å². The van der Waals surface area contributed by atoms with Crippen molar-refractivity contribution < 1.29 is 9.53 Å².